The summed E-state index contributed by atoms with van der Waals surface area (Å²) in [6, 6.07) is 0. The Morgan fingerprint density at radius 3 is 2.65 bits per heavy atom. The molecule has 5 heteroatoms. The molecule has 0 aromatic rings. The summed E-state index contributed by atoms with van der Waals surface area (Å²) in [5.74, 6) is 0.798. The SMILES string of the molecule is C[C@]12CCC(=O)C=C1CC[C@@H]1[C@@H]2C(O)C[C@@]2(C)[C@H]1CC[C@]2(O)C(O)CO. The van der Waals surface area contributed by atoms with Crippen LogP contribution < -0.4 is 0 Å². The highest BCUT2D eigenvalue weighted by molar-refractivity contribution is 5.91. The van der Waals surface area contributed by atoms with Gasteiger partial charge in [0.15, 0.2) is 5.78 Å². The minimum Gasteiger partial charge on any atom is -0.394 e. The quantitative estimate of drug-likeness (QED) is 0.596. The molecule has 4 N–H and O–H groups in total. The molecule has 3 fully saturated rings. The topological polar surface area (TPSA) is 98.0 Å². The third-order valence-corrected chi connectivity index (χ3v) is 8.84. The number of allylic oxidation sites excluding steroid dienone is 1. The van der Waals surface area contributed by atoms with Gasteiger partial charge in [-0.2, -0.15) is 0 Å². The van der Waals surface area contributed by atoms with Crippen LogP contribution >= 0.6 is 0 Å². The summed E-state index contributed by atoms with van der Waals surface area (Å²) in [7, 11) is 0. The molecule has 0 aromatic heterocycles. The van der Waals surface area contributed by atoms with E-state index in [1.165, 1.54) is 5.57 Å². The van der Waals surface area contributed by atoms with Gasteiger partial charge in [0.05, 0.1) is 18.3 Å². The first-order valence-electron chi connectivity index (χ1n) is 10.1. The number of aliphatic hydroxyl groups is 4. The van der Waals surface area contributed by atoms with Crippen LogP contribution in [0, 0.1) is 28.6 Å². The summed E-state index contributed by atoms with van der Waals surface area (Å²) >= 11 is 0. The van der Waals surface area contributed by atoms with Crippen LogP contribution in [0.5, 0.6) is 0 Å². The number of carbonyl (C=O) groups is 1. The lowest BCUT2D eigenvalue weighted by molar-refractivity contribution is -0.207. The van der Waals surface area contributed by atoms with Crippen LogP contribution in [0.25, 0.3) is 0 Å². The number of fused-ring (bicyclic) bond motifs is 5. The van der Waals surface area contributed by atoms with Gasteiger partial charge in [0.25, 0.3) is 0 Å². The molecule has 3 saturated carbocycles. The molecule has 0 aromatic carbocycles. The van der Waals surface area contributed by atoms with Gasteiger partial charge in [-0.1, -0.05) is 19.4 Å². The van der Waals surface area contributed by atoms with Crippen molar-refractivity contribution in [3.05, 3.63) is 11.6 Å². The third kappa shape index (κ3) is 2.20. The molecule has 0 bridgehead atoms. The number of carbonyl (C=O) groups excluding carboxylic acids is 1. The molecular formula is C21H32O5. The molecular weight excluding hydrogens is 332 g/mol. The summed E-state index contributed by atoms with van der Waals surface area (Å²) in [5.41, 5.74) is -0.898. The van der Waals surface area contributed by atoms with Gasteiger partial charge in [0, 0.05) is 11.8 Å². The maximum atomic E-state index is 11.9. The lowest BCUT2D eigenvalue weighted by Gasteiger charge is -2.61. The van der Waals surface area contributed by atoms with E-state index in [9.17, 15) is 25.2 Å². The van der Waals surface area contributed by atoms with Crippen molar-refractivity contribution in [1.29, 1.82) is 0 Å². The second-order valence-electron chi connectivity index (χ2n) is 9.74. The number of ketones is 1. The molecule has 0 saturated heterocycles. The normalized spacial score (nSPS) is 51.9. The molecule has 0 amide bonds. The van der Waals surface area contributed by atoms with Crippen LogP contribution in [0.3, 0.4) is 0 Å². The predicted octanol–water partition coefficient (Wildman–Crippen LogP) is 1.57. The maximum absolute atomic E-state index is 11.9. The molecule has 4 aliphatic carbocycles. The molecule has 0 radical (unpaired) electrons. The third-order valence-electron chi connectivity index (χ3n) is 8.84. The van der Waals surface area contributed by atoms with Crippen molar-refractivity contribution in [2.75, 3.05) is 6.61 Å². The summed E-state index contributed by atoms with van der Waals surface area (Å²) in [6.45, 7) is 3.73. The van der Waals surface area contributed by atoms with Crippen molar-refractivity contribution in [3.63, 3.8) is 0 Å². The largest absolute Gasteiger partial charge is 0.394 e. The highest BCUT2D eigenvalue weighted by Gasteiger charge is 2.67. The fraction of sp³-hybridized carbons (Fsp3) is 0.857. The Labute approximate surface area is 155 Å². The van der Waals surface area contributed by atoms with Gasteiger partial charge >= 0.3 is 0 Å². The van der Waals surface area contributed by atoms with Crippen molar-refractivity contribution in [1.82, 2.24) is 0 Å². The second kappa shape index (κ2) is 5.87. The molecule has 8 atom stereocenters. The standard InChI is InChI=1S/C21H32O5/c1-19-7-5-13(23)9-12(19)3-4-14-15-6-8-21(26,17(25)11-22)20(15,2)10-16(24)18(14)19/h9,14-18,22,24-26H,3-8,10-11H2,1-2H3/t14-,15-,16?,17?,18+,19-,20-,21-/m0/s1. The molecule has 0 aliphatic heterocycles. The van der Waals surface area contributed by atoms with Crippen LogP contribution in [0.2, 0.25) is 0 Å². The highest BCUT2D eigenvalue weighted by Crippen LogP contribution is 2.67. The van der Waals surface area contributed by atoms with E-state index in [0.717, 1.165) is 25.7 Å². The van der Waals surface area contributed by atoms with Crippen molar-refractivity contribution >= 4 is 5.78 Å². The summed E-state index contributed by atoms with van der Waals surface area (Å²) in [4.78, 5) is 11.9. The molecule has 4 rings (SSSR count). The van der Waals surface area contributed by atoms with Gasteiger partial charge < -0.3 is 20.4 Å². The van der Waals surface area contributed by atoms with Crippen LogP contribution in [-0.2, 0) is 4.79 Å². The van der Waals surface area contributed by atoms with E-state index in [1.807, 2.05) is 13.0 Å². The molecule has 4 aliphatic rings. The van der Waals surface area contributed by atoms with Crippen molar-refractivity contribution < 1.29 is 25.2 Å². The second-order valence-corrected chi connectivity index (χ2v) is 9.74. The predicted molar refractivity (Wildman–Crippen MR) is 96.1 cm³/mol. The van der Waals surface area contributed by atoms with Crippen LogP contribution in [-0.4, -0.2) is 50.6 Å². The Balaban J connectivity index is 1.72. The van der Waals surface area contributed by atoms with E-state index < -0.39 is 29.8 Å². The van der Waals surface area contributed by atoms with E-state index in [-0.39, 0.29) is 29.0 Å². The summed E-state index contributed by atoms with van der Waals surface area (Å²) in [6.07, 6.45) is 4.92. The number of hydrogen-bond acceptors (Lipinski definition) is 5. The first-order valence-corrected chi connectivity index (χ1v) is 10.1. The van der Waals surface area contributed by atoms with Gasteiger partial charge in [-0.05, 0) is 67.8 Å². The smallest absolute Gasteiger partial charge is 0.155 e. The highest BCUT2D eigenvalue weighted by atomic mass is 16.4. The lowest BCUT2D eigenvalue weighted by Crippen LogP contribution is -2.63. The molecule has 2 unspecified atom stereocenters. The average Bonchev–Trinajstić information content (AvgIpc) is 2.86. The average molecular weight is 364 g/mol. The van der Waals surface area contributed by atoms with Gasteiger partial charge in [-0.15, -0.1) is 0 Å². The number of aliphatic hydroxyl groups excluding tert-OH is 3. The first kappa shape index (κ1) is 18.6. The van der Waals surface area contributed by atoms with E-state index in [2.05, 4.69) is 6.92 Å². The zero-order chi connectivity index (χ0) is 18.9. The van der Waals surface area contributed by atoms with Crippen LogP contribution in [0.4, 0.5) is 0 Å². The monoisotopic (exact) mass is 364 g/mol. The fourth-order valence-electron chi connectivity index (χ4n) is 7.42. The number of hydrogen-bond donors (Lipinski definition) is 4. The van der Waals surface area contributed by atoms with Gasteiger partial charge in [-0.25, -0.2) is 0 Å². The molecule has 26 heavy (non-hydrogen) atoms. The molecule has 5 nitrogen and oxygen atoms in total. The Bertz CT molecular complexity index is 644. The van der Waals surface area contributed by atoms with Crippen LogP contribution in [0.1, 0.15) is 58.8 Å². The minimum atomic E-state index is -1.35. The zero-order valence-electron chi connectivity index (χ0n) is 15.8. The van der Waals surface area contributed by atoms with Gasteiger partial charge in [-0.3, -0.25) is 4.79 Å². The van der Waals surface area contributed by atoms with Crippen LogP contribution in [0.15, 0.2) is 11.6 Å². The molecule has 146 valence electrons. The Morgan fingerprint density at radius 2 is 1.96 bits per heavy atom. The van der Waals surface area contributed by atoms with E-state index in [4.69, 9.17) is 0 Å². The number of rotatable bonds is 2. The maximum Gasteiger partial charge on any atom is 0.155 e. The summed E-state index contributed by atoms with van der Waals surface area (Å²) in [5, 5.41) is 42.3. The lowest BCUT2D eigenvalue weighted by atomic mass is 9.45. The van der Waals surface area contributed by atoms with E-state index >= 15 is 0 Å². The van der Waals surface area contributed by atoms with Crippen molar-refractivity contribution in [2.24, 2.45) is 28.6 Å². The fourth-order valence-corrected chi connectivity index (χ4v) is 7.42. The Kier molecular flexibility index (Phi) is 4.20. The first-order chi connectivity index (χ1) is 12.2. The minimum absolute atomic E-state index is 0.0993. The molecule has 0 spiro atoms. The Morgan fingerprint density at radius 1 is 1.23 bits per heavy atom. The van der Waals surface area contributed by atoms with E-state index in [0.29, 0.717) is 19.3 Å². The van der Waals surface area contributed by atoms with Gasteiger partial charge in [0.1, 0.15) is 6.10 Å². The van der Waals surface area contributed by atoms with Gasteiger partial charge in [0.2, 0.25) is 0 Å². The van der Waals surface area contributed by atoms with Crippen molar-refractivity contribution in [3.8, 4) is 0 Å². The van der Waals surface area contributed by atoms with Crippen molar-refractivity contribution in [2.45, 2.75) is 76.6 Å². The summed E-state index contributed by atoms with van der Waals surface area (Å²) < 4.78 is 0. The zero-order valence-corrected chi connectivity index (χ0v) is 15.8. The molecule has 0 heterocycles. The van der Waals surface area contributed by atoms with E-state index in [1.54, 1.807) is 0 Å². The Hall–Kier alpha value is -0.750.